The Morgan fingerprint density at radius 1 is 1.21 bits per heavy atom. The van der Waals surface area contributed by atoms with E-state index in [2.05, 4.69) is 22.3 Å². The van der Waals surface area contributed by atoms with Crippen molar-refractivity contribution >= 4 is 22.5 Å². The Hall–Kier alpha value is -3.26. The molecule has 1 N–H and O–H groups in total. The third-order valence-corrected chi connectivity index (χ3v) is 4.55. The highest BCUT2D eigenvalue weighted by Gasteiger charge is 2.22. The minimum atomic E-state index is -0.483. The third kappa shape index (κ3) is 4.52. The number of carbonyl (C=O) groups is 1. The lowest BCUT2D eigenvalue weighted by Gasteiger charge is -2.21. The Morgan fingerprint density at radius 2 is 2.00 bits per heavy atom. The fourth-order valence-corrected chi connectivity index (χ4v) is 3.06. The number of nitro groups is 1. The normalized spacial score (nSPS) is 10.9. The van der Waals surface area contributed by atoms with Gasteiger partial charge in [-0.3, -0.25) is 20.0 Å². The summed E-state index contributed by atoms with van der Waals surface area (Å²) >= 11 is 0. The minimum Gasteiger partial charge on any atom is -0.383 e. The lowest BCUT2D eigenvalue weighted by atomic mass is 10.1. The molecule has 0 fully saturated rings. The fraction of sp³-hybridized carbons (Fsp3) is 0.300. The Bertz CT molecular complexity index is 955. The zero-order valence-electron chi connectivity index (χ0n) is 15.6. The van der Waals surface area contributed by atoms with Crippen molar-refractivity contribution in [3.63, 3.8) is 0 Å². The number of aromatic nitrogens is 2. The fourth-order valence-electron chi connectivity index (χ4n) is 3.06. The molecule has 1 heterocycles. The van der Waals surface area contributed by atoms with Crippen molar-refractivity contribution in [2.24, 2.45) is 0 Å². The molecule has 2 aromatic carbocycles. The van der Waals surface area contributed by atoms with Gasteiger partial charge >= 0.3 is 0 Å². The maximum Gasteiger partial charge on any atom is 0.275 e. The van der Waals surface area contributed by atoms with E-state index in [1.54, 1.807) is 18.1 Å². The zero-order valence-corrected chi connectivity index (χ0v) is 15.6. The van der Waals surface area contributed by atoms with Crippen LogP contribution in [0.2, 0.25) is 0 Å². The standard InChI is InChI=1S/C20H22N4O4/c1-28-13-12-23(11-5-8-15-6-3-2-4-7-15)20(25)19-17-14-16(24(26)27)9-10-18(17)21-22-19/h2-4,6-7,9-10,14H,5,8,11-13H2,1H3,(H,21,22). The molecule has 0 saturated carbocycles. The minimum absolute atomic E-state index is 0.0736. The summed E-state index contributed by atoms with van der Waals surface area (Å²) in [7, 11) is 1.58. The number of rotatable bonds is 9. The van der Waals surface area contributed by atoms with Crippen LogP contribution in [0.5, 0.6) is 0 Å². The van der Waals surface area contributed by atoms with Gasteiger partial charge in [-0.25, -0.2) is 0 Å². The molecule has 0 radical (unpaired) electrons. The van der Waals surface area contributed by atoms with Gasteiger partial charge in [0.15, 0.2) is 5.69 Å². The monoisotopic (exact) mass is 382 g/mol. The van der Waals surface area contributed by atoms with E-state index in [0.29, 0.717) is 30.6 Å². The van der Waals surface area contributed by atoms with Crippen LogP contribution < -0.4 is 0 Å². The second-order valence-corrected chi connectivity index (χ2v) is 6.43. The Labute approximate surface area is 162 Å². The van der Waals surface area contributed by atoms with Crippen LogP contribution in [0.4, 0.5) is 5.69 Å². The number of aromatic amines is 1. The number of nitrogens with zero attached hydrogens (tertiary/aromatic N) is 3. The first-order valence-corrected chi connectivity index (χ1v) is 9.05. The van der Waals surface area contributed by atoms with E-state index in [9.17, 15) is 14.9 Å². The number of hydrogen-bond acceptors (Lipinski definition) is 5. The van der Waals surface area contributed by atoms with Gasteiger partial charge in [-0.05, 0) is 24.5 Å². The molecule has 3 aromatic rings. The van der Waals surface area contributed by atoms with E-state index < -0.39 is 4.92 Å². The number of amides is 1. The van der Waals surface area contributed by atoms with E-state index in [1.165, 1.54) is 17.7 Å². The summed E-state index contributed by atoms with van der Waals surface area (Å²) in [4.78, 5) is 25.3. The molecule has 146 valence electrons. The van der Waals surface area contributed by atoms with Crippen LogP contribution in [0.1, 0.15) is 22.5 Å². The van der Waals surface area contributed by atoms with Crippen LogP contribution in [0, 0.1) is 10.1 Å². The molecular weight excluding hydrogens is 360 g/mol. The molecule has 8 nitrogen and oxygen atoms in total. The topological polar surface area (TPSA) is 101 Å². The van der Waals surface area contributed by atoms with Gasteiger partial charge in [0, 0.05) is 37.7 Å². The molecule has 0 atom stereocenters. The average Bonchev–Trinajstić information content (AvgIpc) is 3.14. The van der Waals surface area contributed by atoms with Crippen molar-refractivity contribution in [1.82, 2.24) is 15.1 Å². The number of non-ortho nitro benzene ring substituents is 1. The van der Waals surface area contributed by atoms with Crippen molar-refractivity contribution in [2.75, 3.05) is 26.8 Å². The van der Waals surface area contributed by atoms with Crippen molar-refractivity contribution in [1.29, 1.82) is 0 Å². The summed E-state index contributed by atoms with van der Waals surface area (Å²) in [5, 5.41) is 18.4. The Balaban J connectivity index is 1.77. The van der Waals surface area contributed by atoms with Gasteiger partial charge in [-0.1, -0.05) is 30.3 Å². The number of fused-ring (bicyclic) bond motifs is 1. The summed E-state index contributed by atoms with van der Waals surface area (Å²) in [6.07, 6.45) is 1.65. The van der Waals surface area contributed by atoms with Crippen molar-refractivity contribution in [3.05, 3.63) is 69.9 Å². The maximum absolute atomic E-state index is 13.1. The number of hydrogen-bond donors (Lipinski definition) is 1. The highest BCUT2D eigenvalue weighted by atomic mass is 16.6. The first-order valence-electron chi connectivity index (χ1n) is 9.05. The molecule has 0 saturated heterocycles. The number of benzene rings is 2. The first kappa shape index (κ1) is 19.5. The largest absolute Gasteiger partial charge is 0.383 e. The highest BCUT2D eigenvalue weighted by molar-refractivity contribution is 6.05. The van der Waals surface area contributed by atoms with Gasteiger partial charge < -0.3 is 9.64 Å². The third-order valence-electron chi connectivity index (χ3n) is 4.55. The number of ether oxygens (including phenoxy) is 1. The molecule has 0 bridgehead atoms. The summed E-state index contributed by atoms with van der Waals surface area (Å²) in [6.45, 7) is 1.37. The summed E-state index contributed by atoms with van der Waals surface area (Å²) in [5.41, 5.74) is 1.91. The van der Waals surface area contributed by atoms with Gasteiger partial charge in [0.05, 0.1) is 17.0 Å². The van der Waals surface area contributed by atoms with Crippen LogP contribution in [0.25, 0.3) is 10.9 Å². The first-order chi connectivity index (χ1) is 13.6. The quantitative estimate of drug-likeness (QED) is 0.452. The summed E-state index contributed by atoms with van der Waals surface area (Å²) in [5.74, 6) is -0.267. The number of methoxy groups -OCH3 is 1. The predicted molar refractivity (Wildman–Crippen MR) is 105 cm³/mol. The molecule has 8 heteroatoms. The van der Waals surface area contributed by atoms with E-state index in [-0.39, 0.29) is 17.3 Å². The molecule has 0 aliphatic heterocycles. The van der Waals surface area contributed by atoms with Crippen LogP contribution in [0.15, 0.2) is 48.5 Å². The van der Waals surface area contributed by atoms with Gasteiger partial charge in [-0.2, -0.15) is 5.10 Å². The number of nitro benzene ring substituents is 1. The van der Waals surface area contributed by atoms with Gasteiger partial charge in [-0.15, -0.1) is 0 Å². The van der Waals surface area contributed by atoms with Gasteiger partial charge in [0.2, 0.25) is 0 Å². The van der Waals surface area contributed by atoms with E-state index in [0.717, 1.165) is 12.8 Å². The van der Waals surface area contributed by atoms with Crippen LogP contribution in [-0.4, -0.2) is 52.7 Å². The van der Waals surface area contributed by atoms with E-state index >= 15 is 0 Å². The molecule has 0 aliphatic rings. The maximum atomic E-state index is 13.1. The van der Waals surface area contributed by atoms with Crippen LogP contribution in [-0.2, 0) is 11.2 Å². The summed E-state index contributed by atoms with van der Waals surface area (Å²) < 4.78 is 5.13. The van der Waals surface area contributed by atoms with Gasteiger partial charge in [0.1, 0.15) is 0 Å². The lowest BCUT2D eigenvalue weighted by Crippen LogP contribution is -2.35. The van der Waals surface area contributed by atoms with Crippen molar-refractivity contribution < 1.29 is 14.5 Å². The van der Waals surface area contributed by atoms with Crippen molar-refractivity contribution in [3.8, 4) is 0 Å². The van der Waals surface area contributed by atoms with Gasteiger partial charge in [0.25, 0.3) is 11.6 Å². The highest BCUT2D eigenvalue weighted by Crippen LogP contribution is 2.23. The number of carbonyl (C=O) groups excluding carboxylic acids is 1. The SMILES string of the molecule is COCCN(CCCc1ccccc1)C(=O)c1n[nH]c2ccc([N+](=O)[O-])cc12. The number of nitrogens with one attached hydrogen (secondary N) is 1. The van der Waals surface area contributed by atoms with Crippen molar-refractivity contribution in [2.45, 2.75) is 12.8 Å². The molecule has 3 rings (SSSR count). The second kappa shape index (κ2) is 9.09. The molecule has 0 spiro atoms. The molecule has 1 aromatic heterocycles. The summed E-state index contributed by atoms with van der Waals surface area (Å²) in [6, 6.07) is 14.4. The molecule has 1 amide bonds. The second-order valence-electron chi connectivity index (χ2n) is 6.43. The number of aryl methyl sites for hydroxylation is 1. The molecular formula is C20H22N4O4. The lowest BCUT2D eigenvalue weighted by molar-refractivity contribution is -0.384. The molecule has 28 heavy (non-hydrogen) atoms. The van der Waals surface area contributed by atoms with E-state index in [1.807, 2.05) is 18.2 Å². The number of H-pyrrole nitrogens is 1. The zero-order chi connectivity index (χ0) is 19.9. The Morgan fingerprint density at radius 3 is 2.71 bits per heavy atom. The van der Waals surface area contributed by atoms with Crippen LogP contribution >= 0.6 is 0 Å². The molecule has 0 unspecified atom stereocenters. The average molecular weight is 382 g/mol. The van der Waals surface area contributed by atoms with Crippen LogP contribution in [0.3, 0.4) is 0 Å². The smallest absolute Gasteiger partial charge is 0.275 e. The van der Waals surface area contributed by atoms with E-state index in [4.69, 9.17) is 4.74 Å². The molecule has 0 aliphatic carbocycles. The predicted octanol–water partition coefficient (Wildman–Crippen LogP) is 3.19. The Kier molecular flexibility index (Phi) is 6.33.